The van der Waals surface area contributed by atoms with E-state index in [1.54, 1.807) is 22.7 Å². The van der Waals surface area contributed by atoms with Gasteiger partial charge in [-0.15, -0.1) is 22.7 Å². The van der Waals surface area contributed by atoms with E-state index >= 15 is 0 Å². The van der Waals surface area contributed by atoms with Gasteiger partial charge in [-0.1, -0.05) is 23.2 Å². The zero-order valence-corrected chi connectivity index (χ0v) is 15.4. The normalized spacial score (nSPS) is 12.3. The van der Waals surface area contributed by atoms with Crippen LogP contribution < -0.4 is 0 Å². The van der Waals surface area contributed by atoms with Gasteiger partial charge < -0.3 is 4.42 Å². The van der Waals surface area contributed by atoms with E-state index in [9.17, 15) is 0 Å². The molecule has 3 aromatic heterocycles. The summed E-state index contributed by atoms with van der Waals surface area (Å²) in [7, 11) is 0. The largest absolute Gasteiger partial charge is 0.453 e. The Bertz CT molecular complexity index is 1160. The molecule has 2 aromatic carbocycles. The lowest BCUT2D eigenvalue weighted by atomic mass is 10.1. The molecule has 3 heterocycles. The van der Waals surface area contributed by atoms with Crippen LogP contribution >= 0.6 is 45.9 Å². The molecule has 0 aliphatic rings. The number of aryl methyl sites for hydroxylation is 2. The predicted molar refractivity (Wildman–Crippen MR) is 104 cm³/mol. The molecule has 1 nitrogen and oxygen atoms in total. The molecular weight excluding hydrogens is 367 g/mol. The lowest BCUT2D eigenvalue weighted by Crippen LogP contribution is -1.71. The van der Waals surface area contributed by atoms with Gasteiger partial charge in [0.25, 0.3) is 0 Å². The Labute approximate surface area is 150 Å². The van der Waals surface area contributed by atoms with Crippen molar-refractivity contribution >= 4 is 88.0 Å². The molecule has 5 aromatic rings. The topological polar surface area (TPSA) is 13.1 Å². The van der Waals surface area contributed by atoms with E-state index in [4.69, 9.17) is 27.6 Å². The number of hydrogen-bond donors (Lipinski definition) is 0. The van der Waals surface area contributed by atoms with Crippen LogP contribution in [0.2, 0.25) is 10.0 Å². The van der Waals surface area contributed by atoms with Gasteiger partial charge in [0.15, 0.2) is 11.2 Å². The lowest BCUT2D eigenvalue weighted by molar-refractivity contribution is 0.670. The number of benzene rings is 2. The van der Waals surface area contributed by atoms with E-state index in [1.165, 1.54) is 9.75 Å². The lowest BCUT2D eigenvalue weighted by Gasteiger charge is -1.96. The van der Waals surface area contributed by atoms with Crippen molar-refractivity contribution in [1.82, 2.24) is 0 Å². The molecule has 5 rings (SSSR count). The van der Waals surface area contributed by atoms with E-state index in [1.807, 2.05) is 0 Å². The molecule has 0 unspecified atom stereocenters. The molecule has 5 heteroatoms. The molecule has 0 fully saturated rings. The molecule has 23 heavy (non-hydrogen) atoms. The van der Waals surface area contributed by atoms with E-state index in [0.29, 0.717) is 10.0 Å². The van der Waals surface area contributed by atoms with Crippen molar-refractivity contribution in [2.75, 3.05) is 0 Å². The highest BCUT2D eigenvalue weighted by molar-refractivity contribution is 7.20. The Morgan fingerprint density at radius 1 is 0.739 bits per heavy atom. The smallest absolute Gasteiger partial charge is 0.155 e. The predicted octanol–water partition coefficient (Wildman–Crippen LogP) is 7.94. The fourth-order valence-electron chi connectivity index (χ4n) is 3.21. The minimum atomic E-state index is 0.683. The number of rotatable bonds is 0. The molecule has 0 saturated heterocycles. The summed E-state index contributed by atoms with van der Waals surface area (Å²) in [4.78, 5) is 2.49. The molecule has 0 saturated carbocycles. The summed E-state index contributed by atoms with van der Waals surface area (Å²) in [6.07, 6.45) is 0. The quantitative estimate of drug-likeness (QED) is 0.267. The first-order valence-corrected chi connectivity index (χ1v) is 9.55. The second kappa shape index (κ2) is 4.64. The van der Waals surface area contributed by atoms with Crippen LogP contribution in [0.25, 0.3) is 42.1 Å². The zero-order chi connectivity index (χ0) is 15.9. The van der Waals surface area contributed by atoms with E-state index in [2.05, 4.69) is 38.1 Å². The molecular formula is C18H10Cl2OS2. The number of fused-ring (bicyclic) bond motifs is 5. The zero-order valence-electron chi connectivity index (χ0n) is 12.3. The van der Waals surface area contributed by atoms with E-state index in [0.717, 1.165) is 42.1 Å². The third kappa shape index (κ3) is 1.85. The van der Waals surface area contributed by atoms with Gasteiger partial charge in [-0.25, -0.2) is 0 Å². The van der Waals surface area contributed by atoms with Crippen LogP contribution in [0.1, 0.15) is 9.75 Å². The molecule has 0 radical (unpaired) electrons. The Hall–Kier alpha value is -1.26. The van der Waals surface area contributed by atoms with Crippen LogP contribution in [0, 0.1) is 13.8 Å². The van der Waals surface area contributed by atoms with Crippen molar-refractivity contribution in [3.8, 4) is 0 Å². The first-order chi connectivity index (χ1) is 11.0. The maximum Gasteiger partial charge on any atom is 0.155 e. The standard InChI is InChI=1S/C18H10Cl2OS2/c1-7-3-9-5-11-12-6-10-4-8(2)23-18(10)14(20)16(12)21-15(11)13(19)17(9)22-7/h3-6H,1-2H3. The highest BCUT2D eigenvalue weighted by atomic mass is 35.5. The van der Waals surface area contributed by atoms with Crippen LogP contribution in [0.5, 0.6) is 0 Å². The van der Waals surface area contributed by atoms with Gasteiger partial charge in [-0.2, -0.15) is 0 Å². The first-order valence-electron chi connectivity index (χ1n) is 7.16. The van der Waals surface area contributed by atoms with E-state index < -0.39 is 0 Å². The number of halogens is 2. The van der Waals surface area contributed by atoms with E-state index in [-0.39, 0.29) is 0 Å². The van der Waals surface area contributed by atoms with Gasteiger partial charge in [0, 0.05) is 20.5 Å². The fraction of sp³-hybridized carbons (Fsp3) is 0.111. The highest BCUT2D eigenvalue weighted by Crippen LogP contribution is 2.46. The Morgan fingerprint density at radius 3 is 1.61 bits per heavy atom. The Kier molecular flexibility index (Phi) is 2.85. The number of hydrogen-bond acceptors (Lipinski definition) is 3. The van der Waals surface area contributed by atoms with Crippen LogP contribution in [-0.2, 0) is 0 Å². The highest BCUT2D eigenvalue weighted by Gasteiger charge is 2.19. The summed E-state index contributed by atoms with van der Waals surface area (Å²) in [6, 6.07) is 8.65. The van der Waals surface area contributed by atoms with Crippen molar-refractivity contribution in [1.29, 1.82) is 0 Å². The average Bonchev–Trinajstić information content (AvgIpc) is 3.15. The molecule has 0 amide bonds. The van der Waals surface area contributed by atoms with Crippen molar-refractivity contribution < 1.29 is 4.42 Å². The van der Waals surface area contributed by atoms with Crippen LogP contribution in [0.3, 0.4) is 0 Å². The molecule has 0 aliphatic heterocycles. The second-order valence-electron chi connectivity index (χ2n) is 5.79. The fourth-order valence-corrected chi connectivity index (χ4v) is 5.79. The van der Waals surface area contributed by atoms with Crippen LogP contribution in [-0.4, -0.2) is 0 Å². The molecule has 0 atom stereocenters. The van der Waals surface area contributed by atoms with Gasteiger partial charge in [-0.05, 0) is 48.9 Å². The maximum atomic E-state index is 6.62. The summed E-state index contributed by atoms with van der Waals surface area (Å²) < 4.78 is 8.25. The average molecular weight is 377 g/mol. The second-order valence-corrected chi connectivity index (χ2v) is 9.06. The Balaban J connectivity index is 2.05. The van der Waals surface area contributed by atoms with Crippen molar-refractivity contribution in [3.63, 3.8) is 0 Å². The summed E-state index contributed by atoms with van der Waals surface area (Å²) >= 11 is 16.6. The first kappa shape index (κ1) is 14.1. The monoisotopic (exact) mass is 376 g/mol. The third-order valence-corrected chi connectivity index (χ3v) is 7.26. The van der Waals surface area contributed by atoms with Crippen LogP contribution in [0.15, 0.2) is 28.7 Å². The number of thiophene rings is 2. The van der Waals surface area contributed by atoms with Gasteiger partial charge in [0.1, 0.15) is 10.0 Å². The van der Waals surface area contributed by atoms with Gasteiger partial charge in [0.05, 0.1) is 9.40 Å². The SMILES string of the molecule is Cc1cc2cc3c(oc4c(Cl)c5sc(C)cc5cc43)c(Cl)c2s1. The van der Waals surface area contributed by atoms with Gasteiger partial charge in [0.2, 0.25) is 0 Å². The summed E-state index contributed by atoms with van der Waals surface area (Å²) in [5.74, 6) is 0. The van der Waals surface area contributed by atoms with Gasteiger partial charge in [-0.3, -0.25) is 0 Å². The summed E-state index contributed by atoms with van der Waals surface area (Å²) in [5.41, 5.74) is 1.46. The summed E-state index contributed by atoms with van der Waals surface area (Å²) in [6.45, 7) is 4.19. The number of furan rings is 1. The minimum Gasteiger partial charge on any atom is -0.453 e. The van der Waals surface area contributed by atoms with Crippen molar-refractivity contribution in [3.05, 3.63) is 44.1 Å². The minimum absolute atomic E-state index is 0.683. The molecule has 0 spiro atoms. The third-order valence-electron chi connectivity index (χ3n) is 4.15. The van der Waals surface area contributed by atoms with Crippen LogP contribution in [0.4, 0.5) is 0 Å². The molecule has 0 aliphatic carbocycles. The van der Waals surface area contributed by atoms with Crippen molar-refractivity contribution in [2.24, 2.45) is 0 Å². The van der Waals surface area contributed by atoms with Gasteiger partial charge >= 0.3 is 0 Å². The van der Waals surface area contributed by atoms with Crippen molar-refractivity contribution in [2.45, 2.75) is 13.8 Å². The molecule has 0 N–H and O–H groups in total. The maximum absolute atomic E-state index is 6.62. The Morgan fingerprint density at radius 2 is 1.17 bits per heavy atom. The summed E-state index contributed by atoms with van der Waals surface area (Å²) in [5, 5.41) is 5.74. The molecule has 0 bridgehead atoms. The molecule has 114 valence electrons.